The molecule has 2 atom stereocenters. The molecule has 1 N–H and O–H groups in total. The predicted octanol–water partition coefficient (Wildman–Crippen LogP) is 2.50. The van der Waals surface area contributed by atoms with Crippen LogP contribution in [0.25, 0.3) is 0 Å². The van der Waals surface area contributed by atoms with Crippen LogP contribution in [-0.2, 0) is 4.79 Å². The van der Waals surface area contributed by atoms with Crippen LogP contribution in [0.4, 0.5) is 0 Å². The predicted molar refractivity (Wildman–Crippen MR) is 57.0 cm³/mol. The van der Waals surface area contributed by atoms with E-state index in [2.05, 4.69) is 33.4 Å². The van der Waals surface area contributed by atoms with Crippen LogP contribution in [0.15, 0.2) is 15.9 Å². The van der Waals surface area contributed by atoms with Crippen molar-refractivity contribution in [2.75, 3.05) is 0 Å². The third-order valence-corrected chi connectivity index (χ3v) is 3.89. The summed E-state index contributed by atoms with van der Waals surface area (Å²) < 4.78 is 1.16. The fraction of sp³-hybridized carbons (Fsp3) is 0.444. The van der Waals surface area contributed by atoms with Crippen LogP contribution < -0.4 is 5.32 Å². The summed E-state index contributed by atoms with van der Waals surface area (Å²) in [6.45, 7) is 1.57. The van der Waals surface area contributed by atoms with Gasteiger partial charge in [-0.05, 0) is 34.5 Å². The van der Waals surface area contributed by atoms with E-state index in [1.54, 1.807) is 18.3 Å². The molecule has 0 aliphatic heterocycles. The molecule has 1 aliphatic carbocycles. The van der Waals surface area contributed by atoms with Crippen LogP contribution >= 0.6 is 27.3 Å². The molecule has 1 heterocycles. The first-order valence-corrected chi connectivity index (χ1v) is 5.80. The van der Waals surface area contributed by atoms with Gasteiger partial charge in [0, 0.05) is 23.8 Å². The molecule has 70 valence electrons. The lowest BCUT2D eigenvalue weighted by Gasteiger charge is -1.97. The Labute approximate surface area is 89.5 Å². The number of carbonyl (C=O) groups is 1. The zero-order valence-electron chi connectivity index (χ0n) is 7.21. The average molecular weight is 260 g/mol. The van der Waals surface area contributed by atoms with Gasteiger partial charge in [0.1, 0.15) is 0 Å². The lowest BCUT2D eigenvalue weighted by Crippen LogP contribution is -2.23. The van der Waals surface area contributed by atoms with Crippen LogP contribution in [-0.4, -0.2) is 11.9 Å². The summed E-state index contributed by atoms with van der Waals surface area (Å²) in [5, 5.41) is 2.93. The maximum absolute atomic E-state index is 10.8. The van der Waals surface area contributed by atoms with E-state index < -0.39 is 0 Å². The van der Waals surface area contributed by atoms with Gasteiger partial charge in [-0.2, -0.15) is 0 Å². The molecule has 1 amide bonds. The molecular formula is C9H10BrNOS. The summed E-state index contributed by atoms with van der Waals surface area (Å²) in [5.74, 6) is 0.628. The first-order valence-electron chi connectivity index (χ1n) is 4.19. The highest BCUT2D eigenvalue weighted by Gasteiger charge is 2.39. The number of hydrogen-bond donors (Lipinski definition) is 1. The third-order valence-electron chi connectivity index (χ3n) is 2.14. The van der Waals surface area contributed by atoms with Crippen molar-refractivity contribution < 1.29 is 4.79 Å². The van der Waals surface area contributed by atoms with Gasteiger partial charge in [-0.1, -0.05) is 0 Å². The third kappa shape index (κ3) is 2.11. The van der Waals surface area contributed by atoms with E-state index in [0.29, 0.717) is 12.0 Å². The Morgan fingerprint density at radius 3 is 3.00 bits per heavy atom. The van der Waals surface area contributed by atoms with Gasteiger partial charge in [-0.25, -0.2) is 0 Å². The highest BCUT2D eigenvalue weighted by Crippen LogP contribution is 2.44. The van der Waals surface area contributed by atoms with Crippen LogP contribution in [0.2, 0.25) is 0 Å². The van der Waals surface area contributed by atoms with Gasteiger partial charge in [0.25, 0.3) is 0 Å². The quantitative estimate of drug-likeness (QED) is 0.869. The van der Waals surface area contributed by atoms with Gasteiger partial charge in [-0.3, -0.25) is 4.79 Å². The van der Waals surface area contributed by atoms with Crippen molar-refractivity contribution in [3.8, 4) is 0 Å². The summed E-state index contributed by atoms with van der Waals surface area (Å²) in [6, 6.07) is 4.56. The minimum Gasteiger partial charge on any atom is -0.353 e. The summed E-state index contributed by atoms with van der Waals surface area (Å²) in [5.41, 5.74) is 0. The van der Waals surface area contributed by atoms with E-state index in [-0.39, 0.29) is 5.91 Å². The van der Waals surface area contributed by atoms with Crippen molar-refractivity contribution in [1.82, 2.24) is 5.32 Å². The molecule has 0 bridgehead atoms. The Kier molecular flexibility index (Phi) is 2.43. The summed E-state index contributed by atoms with van der Waals surface area (Å²) in [6.07, 6.45) is 1.09. The lowest BCUT2D eigenvalue weighted by molar-refractivity contribution is -0.119. The van der Waals surface area contributed by atoms with Crippen molar-refractivity contribution in [1.29, 1.82) is 0 Å². The van der Waals surface area contributed by atoms with Crippen molar-refractivity contribution in [2.24, 2.45) is 0 Å². The maximum Gasteiger partial charge on any atom is 0.217 e. The minimum atomic E-state index is 0.0723. The van der Waals surface area contributed by atoms with Crippen LogP contribution in [0.5, 0.6) is 0 Å². The van der Waals surface area contributed by atoms with Gasteiger partial charge < -0.3 is 5.32 Å². The van der Waals surface area contributed by atoms with E-state index in [4.69, 9.17) is 0 Å². The number of nitrogens with one attached hydrogen (secondary N) is 1. The van der Waals surface area contributed by atoms with Crippen molar-refractivity contribution >= 4 is 33.2 Å². The molecule has 0 saturated heterocycles. The molecular weight excluding hydrogens is 250 g/mol. The highest BCUT2D eigenvalue weighted by molar-refractivity contribution is 9.11. The second kappa shape index (κ2) is 3.42. The normalized spacial score (nSPS) is 25.7. The Morgan fingerprint density at radius 2 is 2.46 bits per heavy atom. The Balaban J connectivity index is 1.96. The zero-order chi connectivity index (χ0) is 9.42. The molecule has 1 aliphatic rings. The average Bonchev–Trinajstić information content (AvgIpc) is 2.63. The number of hydrogen-bond acceptors (Lipinski definition) is 2. The second-order valence-electron chi connectivity index (χ2n) is 3.29. The molecule has 0 unspecified atom stereocenters. The van der Waals surface area contributed by atoms with Gasteiger partial charge in [0.15, 0.2) is 0 Å². The molecule has 1 aromatic rings. The van der Waals surface area contributed by atoms with E-state index in [9.17, 15) is 4.79 Å². The summed E-state index contributed by atoms with van der Waals surface area (Å²) in [7, 11) is 0. The topological polar surface area (TPSA) is 29.1 Å². The first-order chi connectivity index (χ1) is 6.16. The standard InChI is InChI=1S/C9H10BrNOS/c1-5(12)11-7-4-6(7)8-2-3-9(10)13-8/h2-3,6-7H,4H2,1H3,(H,11,12)/t6-,7-/m1/s1. The monoisotopic (exact) mass is 259 g/mol. The van der Waals surface area contributed by atoms with E-state index in [1.165, 1.54) is 4.88 Å². The van der Waals surface area contributed by atoms with E-state index in [1.807, 2.05) is 0 Å². The molecule has 1 saturated carbocycles. The minimum absolute atomic E-state index is 0.0723. The van der Waals surface area contributed by atoms with Crippen molar-refractivity contribution in [3.05, 3.63) is 20.8 Å². The van der Waals surface area contributed by atoms with Gasteiger partial charge in [-0.15, -0.1) is 11.3 Å². The van der Waals surface area contributed by atoms with Crippen LogP contribution in [0, 0.1) is 0 Å². The maximum atomic E-state index is 10.8. The van der Waals surface area contributed by atoms with Gasteiger partial charge in [0.2, 0.25) is 5.91 Å². The van der Waals surface area contributed by atoms with Crippen LogP contribution in [0.3, 0.4) is 0 Å². The fourth-order valence-electron chi connectivity index (χ4n) is 1.46. The Bertz CT molecular complexity index is 336. The molecule has 0 radical (unpaired) electrons. The second-order valence-corrected chi connectivity index (χ2v) is 5.79. The number of carbonyl (C=O) groups excluding carboxylic acids is 1. The van der Waals surface area contributed by atoms with Crippen molar-refractivity contribution in [3.63, 3.8) is 0 Å². The highest BCUT2D eigenvalue weighted by atomic mass is 79.9. The molecule has 1 aromatic heterocycles. The SMILES string of the molecule is CC(=O)N[C@@H]1C[C@H]1c1ccc(Br)s1. The summed E-state index contributed by atoms with van der Waals surface area (Å²) >= 11 is 5.18. The molecule has 13 heavy (non-hydrogen) atoms. The number of rotatable bonds is 2. The molecule has 2 nitrogen and oxygen atoms in total. The largest absolute Gasteiger partial charge is 0.353 e. The number of thiophene rings is 1. The summed E-state index contributed by atoms with van der Waals surface area (Å²) in [4.78, 5) is 12.1. The smallest absolute Gasteiger partial charge is 0.217 e. The Morgan fingerprint density at radius 1 is 1.69 bits per heavy atom. The van der Waals surface area contributed by atoms with Gasteiger partial charge >= 0.3 is 0 Å². The number of amides is 1. The zero-order valence-corrected chi connectivity index (χ0v) is 9.61. The fourth-order valence-corrected chi connectivity index (χ4v) is 3.06. The Hall–Kier alpha value is -0.350. The molecule has 4 heteroatoms. The molecule has 0 aromatic carbocycles. The lowest BCUT2D eigenvalue weighted by atomic mass is 10.3. The molecule has 2 rings (SSSR count). The van der Waals surface area contributed by atoms with E-state index in [0.717, 1.165) is 10.2 Å². The van der Waals surface area contributed by atoms with E-state index >= 15 is 0 Å². The van der Waals surface area contributed by atoms with Crippen molar-refractivity contribution in [2.45, 2.75) is 25.3 Å². The van der Waals surface area contributed by atoms with Crippen LogP contribution in [0.1, 0.15) is 24.1 Å². The molecule has 0 spiro atoms. The number of halogens is 1. The first kappa shape index (κ1) is 9.21. The molecule has 1 fully saturated rings. The van der Waals surface area contributed by atoms with Gasteiger partial charge in [0.05, 0.1) is 3.79 Å².